The van der Waals surface area contributed by atoms with E-state index in [0.29, 0.717) is 23.2 Å². The van der Waals surface area contributed by atoms with Crippen molar-refractivity contribution in [1.82, 2.24) is 0 Å². The molecule has 1 aliphatic rings. The van der Waals surface area contributed by atoms with Gasteiger partial charge < -0.3 is 9.47 Å². The Balaban J connectivity index is 2.12. The second kappa shape index (κ2) is 6.07. The smallest absolute Gasteiger partial charge is 0.287 e. The third kappa shape index (κ3) is 3.01. The largest absolute Gasteiger partial charge is 0.486 e. The van der Waals surface area contributed by atoms with Crippen LogP contribution in [0.15, 0.2) is 22.7 Å². The van der Waals surface area contributed by atoms with Crippen LogP contribution >= 0.6 is 27.5 Å². The lowest BCUT2D eigenvalue weighted by molar-refractivity contribution is -0.385. The van der Waals surface area contributed by atoms with Crippen LogP contribution in [0.3, 0.4) is 0 Å². The van der Waals surface area contributed by atoms with Crippen molar-refractivity contribution in [2.24, 2.45) is 0 Å². The van der Waals surface area contributed by atoms with Crippen molar-refractivity contribution in [2.45, 2.75) is 30.9 Å². The topological polar surface area (TPSA) is 61.6 Å². The lowest BCUT2D eigenvalue weighted by atomic mass is 9.91. The molecule has 5 nitrogen and oxygen atoms in total. The number of benzene rings is 1. The van der Waals surface area contributed by atoms with E-state index in [0.717, 1.165) is 0 Å². The molecule has 0 saturated heterocycles. The molecule has 0 bridgehead atoms. The zero-order valence-corrected chi connectivity index (χ0v) is 12.6. The van der Waals surface area contributed by atoms with Crippen LogP contribution in [0, 0.1) is 10.1 Å². The molecular formula is C12H13BrClNO4. The Hall–Kier alpha value is -0.850. The van der Waals surface area contributed by atoms with Crippen LogP contribution in [0.4, 0.5) is 5.69 Å². The zero-order valence-electron chi connectivity index (χ0n) is 10.2. The highest BCUT2D eigenvalue weighted by atomic mass is 79.9. The van der Waals surface area contributed by atoms with E-state index in [1.54, 1.807) is 12.1 Å². The molecule has 19 heavy (non-hydrogen) atoms. The maximum Gasteiger partial charge on any atom is 0.287 e. The van der Waals surface area contributed by atoms with Gasteiger partial charge in [-0.3, -0.25) is 10.1 Å². The molecule has 1 aliphatic carbocycles. The summed E-state index contributed by atoms with van der Waals surface area (Å²) in [6.45, 7) is 2.45. The van der Waals surface area contributed by atoms with Gasteiger partial charge in [0.25, 0.3) is 5.69 Å². The van der Waals surface area contributed by atoms with Crippen molar-refractivity contribution in [3.8, 4) is 5.75 Å². The van der Waals surface area contributed by atoms with Crippen molar-refractivity contribution < 1.29 is 14.4 Å². The number of nitrogens with zero attached hydrogens (tertiary/aromatic N) is 1. The van der Waals surface area contributed by atoms with Crippen LogP contribution in [-0.4, -0.2) is 29.1 Å². The molecule has 1 fully saturated rings. The molecule has 0 aliphatic heterocycles. The Morgan fingerprint density at radius 3 is 2.89 bits per heavy atom. The number of rotatable bonds is 5. The van der Waals surface area contributed by atoms with Crippen LogP contribution in [0.1, 0.15) is 13.3 Å². The first-order chi connectivity index (χ1) is 9.04. The molecule has 1 aromatic rings. The normalized spacial score (nSPS) is 25.7. The Bertz CT molecular complexity index is 485. The van der Waals surface area contributed by atoms with Crippen molar-refractivity contribution in [3.63, 3.8) is 0 Å². The van der Waals surface area contributed by atoms with Gasteiger partial charge in [0, 0.05) is 19.1 Å². The molecule has 3 atom stereocenters. The predicted molar refractivity (Wildman–Crippen MR) is 74.9 cm³/mol. The number of nitro groups is 1. The highest BCUT2D eigenvalue weighted by Gasteiger charge is 2.43. The summed E-state index contributed by atoms with van der Waals surface area (Å²) in [4.78, 5) is 10.4. The van der Waals surface area contributed by atoms with Crippen LogP contribution in [-0.2, 0) is 4.74 Å². The average molecular weight is 351 g/mol. The summed E-state index contributed by atoms with van der Waals surface area (Å²) in [6, 6.07) is 4.69. The van der Waals surface area contributed by atoms with E-state index >= 15 is 0 Å². The van der Waals surface area contributed by atoms with Gasteiger partial charge in [0.1, 0.15) is 22.4 Å². The van der Waals surface area contributed by atoms with Crippen molar-refractivity contribution in [1.29, 1.82) is 0 Å². The minimum Gasteiger partial charge on any atom is -0.486 e. The molecule has 7 heteroatoms. The number of nitro benzene ring substituents is 1. The first-order valence-electron chi connectivity index (χ1n) is 5.89. The summed E-state index contributed by atoms with van der Waals surface area (Å²) in [5.74, 6) is 0.437. The summed E-state index contributed by atoms with van der Waals surface area (Å²) in [6.07, 6.45) is 0.333. The van der Waals surface area contributed by atoms with Gasteiger partial charge in [-0.2, -0.15) is 0 Å². The fourth-order valence-electron chi connectivity index (χ4n) is 1.94. The van der Waals surface area contributed by atoms with Gasteiger partial charge in [0.2, 0.25) is 0 Å². The Labute approximate surface area is 124 Å². The highest BCUT2D eigenvalue weighted by molar-refractivity contribution is 9.10. The highest BCUT2D eigenvalue weighted by Crippen LogP contribution is 2.38. The Morgan fingerprint density at radius 2 is 2.32 bits per heavy atom. The van der Waals surface area contributed by atoms with Gasteiger partial charge in [0.15, 0.2) is 0 Å². The standard InChI is InChI=1S/C12H13BrClNO4/c1-2-18-12-7(14)6-10(12)19-9-5-3-4-8(11(9)13)15(16)17/h3-5,7,10,12H,2,6H2,1H3. The second-order valence-corrected chi connectivity index (χ2v) is 5.53. The molecule has 0 aromatic heterocycles. The Morgan fingerprint density at radius 1 is 1.58 bits per heavy atom. The van der Waals surface area contributed by atoms with E-state index < -0.39 is 4.92 Å². The van der Waals surface area contributed by atoms with E-state index in [2.05, 4.69) is 15.9 Å². The van der Waals surface area contributed by atoms with Gasteiger partial charge >= 0.3 is 0 Å². The maximum absolute atomic E-state index is 10.8. The summed E-state index contributed by atoms with van der Waals surface area (Å²) in [7, 11) is 0. The minimum absolute atomic E-state index is 0.0211. The molecule has 1 aromatic carbocycles. The third-order valence-electron chi connectivity index (χ3n) is 2.96. The van der Waals surface area contributed by atoms with E-state index in [-0.39, 0.29) is 23.3 Å². The molecule has 0 radical (unpaired) electrons. The number of hydrogen-bond donors (Lipinski definition) is 0. The maximum atomic E-state index is 10.8. The summed E-state index contributed by atoms with van der Waals surface area (Å²) in [5, 5.41) is 10.8. The van der Waals surface area contributed by atoms with Gasteiger partial charge in [-0.25, -0.2) is 0 Å². The average Bonchev–Trinajstić information content (AvgIpc) is 2.37. The lowest BCUT2D eigenvalue weighted by Gasteiger charge is -2.40. The van der Waals surface area contributed by atoms with Crippen molar-refractivity contribution >= 4 is 33.2 Å². The lowest BCUT2D eigenvalue weighted by Crippen LogP contribution is -2.52. The van der Waals surface area contributed by atoms with Gasteiger partial charge in [-0.15, -0.1) is 11.6 Å². The monoisotopic (exact) mass is 349 g/mol. The molecule has 0 heterocycles. The molecule has 0 N–H and O–H groups in total. The van der Waals surface area contributed by atoms with Crippen LogP contribution in [0.5, 0.6) is 5.75 Å². The number of halogens is 2. The Kier molecular flexibility index (Phi) is 4.65. The van der Waals surface area contributed by atoms with E-state index in [1.807, 2.05) is 6.92 Å². The van der Waals surface area contributed by atoms with Crippen molar-refractivity contribution in [2.75, 3.05) is 6.61 Å². The number of ether oxygens (including phenoxy) is 2. The second-order valence-electron chi connectivity index (χ2n) is 4.17. The molecule has 0 amide bonds. The molecule has 1 saturated carbocycles. The molecule has 3 unspecified atom stereocenters. The van der Waals surface area contributed by atoms with Gasteiger partial charge in [-0.05, 0) is 28.9 Å². The quantitative estimate of drug-likeness (QED) is 0.463. The fourth-order valence-corrected chi connectivity index (χ4v) is 2.85. The predicted octanol–water partition coefficient (Wildman–Crippen LogP) is 3.52. The molecule has 104 valence electrons. The van der Waals surface area contributed by atoms with Crippen LogP contribution in [0.25, 0.3) is 0 Å². The fraction of sp³-hybridized carbons (Fsp3) is 0.500. The van der Waals surface area contributed by atoms with Gasteiger partial charge in [0.05, 0.1) is 10.3 Å². The van der Waals surface area contributed by atoms with E-state index in [9.17, 15) is 10.1 Å². The van der Waals surface area contributed by atoms with Gasteiger partial charge in [-0.1, -0.05) is 6.07 Å². The number of hydrogen-bond acceptors (Lipinski definition) is 4. The summed E-state index contributed by atoms with van der Waals surface area (Å²) >= 11 is 9.25. The molecule has 0 spiro atoms. The summed E-state index contributed by atoms with van der Waals surface area (Å²) in [5.41, 5.74) is -0.0211. The third-order valence-corrected chi connectivity index (χ3v) is 4.18. The first kappa shape index (κ1) is 14.6. The zero-order chi connectivity index (χ0) is 14.0. The first-order valence-corrected chi connectivity index (χ1v) is 7.12. The summed E-state index contributed by atoms with van der Waals surface area (Å²) < 4.78 is 11.6. The van der Waals surface area contributed by atoms with E-state index in [1.165, 1.54) is 6.07 Å². The van der Waals surface area contributed by atoms with Crippen LogP contribution in [0.2, 0.25) is 0 Å². The molecular weight excluding hydrogens is 337 g/mol. The van der Waals surface area contributed by atoms with E-state index in [4.69, 9.17) is 21.1 Å². The molecule has 2 rings (SSSR count). The number of alkyl halides is 1. The van der Waals surface area contributed by atoms with Crippen LogP contribution < -0.4 is 4.74 Å². The van der Waals surface area contributed by atoms with Crippen molar-refractivity contribution in [3.05, 3.63) is 32.8 Å². The SMILES string of the molecule is CCOC1C(Cl)CC1Oc1cccc([N+](=O)[O-])c1Br. The minimum atomic E-state index is -0.456.